The summed E-state index contributed by atoms with van der Waals surface area (Å²) in [6.07, 6.45) is 0. The summed E-state index contributed by atoms with van der Waals surface area (Å²) in [5.74, 6) is -0.815. The molecule has 5 rings (SSSR count). The third kappa shape index (κ3) is 3.50. The number of aromatic nitrogens is 2. The Labute approximate surface area is 194 Å². The van der Waals surface area contributed by atoms with Crippen molar-refractivity contribution in [3.63, 3.8) is 0 Å². The highest BCUT2D eigenvalue weighted by Gasteiger charge is 2.70. The maximum Gasteiger partial charge on any atom is 0.325 e. The number of aromatic amines is 1. The fraction of sp³-hybridized carbons (Fsp3) is 0.217. The Hall–Kier alpha value is -3.21. The van der Waals surface area contributed by atoms with Crippen LogP contribution in [0.3, 0.4) is 0 Å². The van der Waals surface area contributed by atoms with E-state index >= 15 is 0 Å². The third-order valence-corrected chi connectivity index (χ3v) is 9.25. The van der Waals surface area contributed by atoms with Gasteiger partial charge in [-0.3, -0.25) is 4.79 Å². The van der Waals surface area contributed by atoms with Crippen LogP contribution in [-0.4, -0.2) is 42.1 Å². The van der Waals surface area contributed by atoms with Crippen LogP contribution < -0.4 is 9.46 Å². The first-order valence-electron chi connectivity index (χ1n) is 10.2. The number of hydrogen-bond donors (Lipinski definition) is 3. The molecule has 2 heterocycles. The first-order chi connectivity index (χ1) is 15.8. The SMILES string of the molecule is COc1ccc2nc(-c3ccc(S(=O)(=O)N[C@@]4(C(=O)O)C(C)[C@@H]4c4ccccc4)s3)[nH]c2c1. The van der Waals surface area contributed by atoms with Gasteiger partial charge in [-0.2, -0.15) is 4.72 Å². The molecule has 1 fully saturated rings. The molecule has 0 spiro atoms. The summed E-state index contributed by atoms with van der Waals surface area (Å²) in [6, 6.07) is 17.7. The van der Waals surface area contributed by atoms with Crippen LogP contribution in [0.1, 0.15) is 18.4 Å². The van der Waals surface area contributed by atoms with E-state index in [9.17, 15) is 18.3 Å². The van der Waals surface area contributed by atoms with Crippen LogP contribution in [0.2, 0.25) is 0 Å². The summed E-state index contributed by atoms with van der Waals surface area (Å²) in [5, 5.41) is 9.97. The van der Waals surface area contributed by atoms with E-state index in [1.807, 2.05) is 42.5 Å². The van der Waals surface area contributed by atoms with Gasteiger partial charge in [-0.25, -0.2) is 13.4 Å². The first kappa shape index (κ1) is 21.6. The molecule has 2 aromatic carbocycles. The number of ether oxygens (including phenoxy) is 1. The van der Waals surface area contributed by atoms with E-state index in [-0.39, 0.29) is 4.21 Å². The van der Waals surface area contributed by atoms with Crippen LogP contribution in [0, 0.1) is 5.92 Å². The number of aliphatic carboxylic acids is 1. The molecule has 1 aliphatic carbocycles. The minimum absolute atomic E-state index is 0.0297. The molecule has 0 saturated heterocycles. The minimum atomic E-state index is -4.08. The van der Waals surface area contributed by atoms with Gasteiger partial charge >= 0.3 is 5.97 Å². The maximum atomic E-state index is 13.2. The summed E-state index contributed by atoms with van der Waals surface area (Å²) in [6.45, 7) is 1.75. The van der Waals surface area contributed by atoms with Crippen molar-refractivity contribution < 1.29 is 23.1 Å². The number of imidazole rings is 1. The molecule has 3 atom stereocenters. The monoisotopic (exact) mass is 483 g/mol. The van der Waals surface area contributed by atoms with Gasteiger partial charge in [-0.1, -0.05) is 37.3 Å². The molecule has 1 saturated carbocycles. The fourth-order valence-corrected chi connectivity index (χ4v) is 7.11. The van der Waals surface area contributed by atoms with Gasteiger partial charge in [0.15, 0.2) is 0 Å². The molecule has 3 N–H and O–H groups in total. The summed E-state index contributed by atoms with van der Waals surface area (Å²) >= 11 is 1.03. The normalized spacial score (nSPS) is 22.4. The van der Waals surface area contributed by atoms with Gasteiger partial charge < -0.3 is 14.8 Å². The van der Waals surface area contributed by atoms with E-state index in [0.29, 0.717) is 16.5 Å². The van der Waals surface area contributed by atoms with Crippen molar-refractivity contribution in [2.45, 2.75) is 22.6 Å². The number of H-pyrrole nitrogens is 1. The summed E-state index contributed by atoms with van der Waals surface area (Å²) in [5.41, 5.74) is 0.701. The number of nitrogens with one attached hydrogen (secondary N) is 2. The third-order valence-electron chi connectivity index (χ3n) is 6.18. The standard InChI is InChI=1S/C23H21N3O5S2/c1-13-20(14-6-4-3-5-7-14)23(13,22(27)28)26-33(29,30)19-11-10-18(32-19)21-24-16-9-8-15(31-2)12-17(16)25-21/h3-13,20,26H,1-2H3,(H,24,25)(H,27,28)/t13?,20-,23+/m1/s1. The van der Waals surface area contributed by atoms with Crippen molar-refractivity contribution in [2.24, 2.45) is 5.92 Å². The first-order valence-corrected chi connectivity index (χ1v) is 12.5. The van der Waals surface area contributed by atoms with Crippen molar-refractivity contribution in [2.75, 3.05) is 7.11 Å². The maximum absolute atomic E-state index is 13.2. The predicted octanol–water partition coefficient (Wildman–Crippen LogP) is 3.84. The number of carboxylic acids is 1. The van der Waals surface area contributed by atoms with E-state index in [1.54, 1.807) is 26.2 Å². The largest absolute Gasteiger partial charge is 0.497 e. The molecule has 1 aliphatic rings. The second-order valence-electron chi connectivity index (χ2n) is 8.04. The van der Waals surface area contributed by atoms with Crippen molar-refractivity contribution in [3.8, 4) is 16.5 Å². The minimum Gasteiger partial charge on any atom is -0.497 e. The number of carboxylic acid groups (broad SMARTS) is 1. The zero-order valence-corrected chi connectivity index (χ0v) is 19.4. The lowest BCUT2D eigenvalue weighted by molar-refractivity contribution is -0.140. The van der Waals surface area contributed by atoms with Crippen molar-refractivity contribution >= 4 is 38.4 Å². The zero-order chi connectivity index (χ0) is 23.4. The van der Waals surface area contributed by atoms with E-state index < -0.39 is 33.4 Å². The molecule has 4 aromatic rings. The lowest BCUT2D eigenvalue weighted by atomic mass is 10.1. The van der Waals surface area contributed by atoms with Gasteiger partial charge in [0.05, 0.1) is 23.0 Å². The Morgan fingerprint density at radius 1 is 1.18 bits per heavy atom. The van der Waals surface area contributed by atoms with Gasteiger partial charge in [-0.05, 0) is 35.7 Å². The zero-order valence-electron chi connectivity index (χ0n) is 17.8. The van der Waals surface area contributed by atoms with Crippen LogP contribution in [0.15, 0.2) is 64.9 Å². The molecule has 0 amide bonds. The molecule has 8 nitrogen and oxygen atoms in total. The highest BCUT2D eigenvalue weighted by molar-refractivity contribution is 7.91. The van der Waals surface area contributed by atoms with Crippen LogP contribution in [-0.2, 0) is 14.8 Å². The summed E-state index contributed by atoms with van der Waals surface area (Å²) < 4.78 is 34.2. The number of hydrogen-bond acceptors (Lipinski definition) is 6. The van der Waals surface area contributed by atoms with Crippen molar-refractivity contribution in [1.29, 1.82) is 0 Å². The number of benzene rings is 2. The number of fused-ring (bicyclic) bond motifs is 1. The van der Waals surface area contributed by atoms with Gasteiger partial charge in [0.1, 0.15) is 21.3 Å². The molecule has 170 valence electrons. The number of sulfonamides is 1. The highest BCUT2D eigenvalue weighted by Crippen LogP contribution is 2.58. The molecule has 10 heteroatoms. The molecular formula is C23H21N3O5S2. The average Bonchev–Trinajstić information content (AvgIpc) is 3.19. The highest BCUT2D eigenvalue weighted by atomic mass is 32.2. The quantitative estimate of drug-likeness (QED) is 0.367. The molecule has 0 bridgehead atoms. The van der Waals surface area contributed by atoms with E-state index in [1.165, 1.54) is 6.07 Å². The van der Waals surface area contributed by atoms with Crippen molar-refractivity contribution in [3.05, 3.63) is 66.2 Å². The lowest BCUT2D eigenvalue weighted by Crippen LogP contribution is -2.45. The summed E-state index contributed by atoms with van der Waals surface area (Å²) in [7, 11) is -2.50. The van der Waals surface area contributed by atoms with Gasteiger partial charge in [0, 0.05) is 12.0 Å². The Bertz CT molecular complexity index is 1460. The number of rotatable bonds is 7. The molecule has 0 aliphatic heterocycles. The van der Waals surface area contributed by atoms with Crippen LogP contribution >= 0.6 is 11.3 Å². The average molecular weight is 484 g/mol. The number of methoxy groups -OCH3 is 1. The van der Waals surface area contributed by atoms with Gasteiger partial charge in [0.25, 0.3) is 10.0 Å². The van der Waals surface area contributed by atoms with Crippen molar-refractivity contribution in [1.82, 2.24) is 14.7 Å². The van der Waals surface area contributed by atoms with E-state index in [4.69, 9.17) is 4.74 Å². The smallest absolute Gasteiger partial charge is 0.325 e. The number of nitrogens with zero attached hydrogens (tertiary/aromatic N) is 1. The van der Waals surface area contributed by atoms with Crippen LogP contribution in [0.25, 0.3) is 21.7 Å². The van der Waals surface area contributed by atoms with E-state index in [2.05, 4.69) is 14.7 Å². The molecule has 1 unspecified atom stereocenters. The molecular weight excluding hydrogens is 462 g/mol. The lowest BCUT2D eigenvalue weighted by Gasteiger charge is -2.15. The Morgan fingerprint density at radius 2 is 1.94 bits per heavy atom. The molecule has 0 radical (unpaired) electrons. The predicted molar refractivity (Wildman–Crippen MR) is 125 cm³/mol. The number of thiophene rings is 1. The van der Waals surface area contributed by atoms with Crippen LogP contribution in [0.5, 0.6) is 5.75 Å². The number of carbonyl (C=O) groups is 1. The van der Waals surface area contributed by atoms with E-state index in [0.717, 1.165) is 27.9 Å². The Kier molecular flexibility index (Phi) is 5.04. The van der Waals surface area contributed by atoms with Gasteiger partial charge in [0.2, 0.25) is 0 Å². The second kappa shape index (κ2) is 7.68. The second-order valence-corrected chi connectivity index (χ2v) is 11.0. The Morgan fingerprint density at radius 3 is 2.64 bits per heavy atom. The Balaban J connectivity index is 1.45. The summed E-state index contributed by atoms with van der Waals surface area (Å²) in [4.78, 5) is 20.5. The van der Waals surface area contributed by atoms with Crippen LogP contribution in [0.4, 0.5) is 0 Å². The van der Waals surface area contributed by atoms with Gasteiger partial charge in [-0.15, -0.1) is 11.3 Å². The molecule has 33 heavy (non-hydrogen) atoms. The fourth-order valence-electron chi connectivity index (χ4n) is 4.40. The molecule has 2 aromatic heterocycles. The topological polar surface area (TPSA) is 121 Å².